The predicted octanol–water partition coefficient (Wildman–Crippen LogP) is 5.76. The Kier molecular flexibility index (Phi) is 7.44. The third-order valence-corrected chi connectivity index (χ3v) is 3.41. The van der Waals surface area contributed by atoms with Gasteiger partial charge in [-0.1, -0.05) is 46.4 Å². The Bertz CT molecular complexity index is 730. The van der Waals surface area contributed by atoms with Gasteiger partial charge in [0, 0.05) is 20.1 Å². The minimum Gasteiger partial charge on any atom is -0.481 e. The average molecular weight is 400 g/mol. The van der Waals surface area contributed by atoms with Crippen LogP contribution in [-0.4, -0.2) is 13.2 Å². The molecule has 2 aromatic carbocycles. The Morgan fingerprint density at radius 1 is 0.583 bits per heavy atom. The van der Waals surface area contributed by atoms with E-state index in [-0.39, 0.29) is 13.2 Å². The lowest BCUT2D eigenvalue weighted by molar-refractivity contribution is 0.370. The number of benzene rings is 2. The van der Waals surface area contributed by atoms with Crippen LogP contribution in [0.1, 0.15) is 0 Å². The SMILES string of the molecule is Clc1cc(Cl)cc(OCC#CC#CCOc2cc(Cl)cc(Cl)c2)c1. The minimum atomic E-state index is 0.177. The van der Waals surface area contributed by atoms with E-state index in [1.54, 1.807) is 36.4 Å². The Labute approximate surface area is 160 Å². The van der Waals surface area contributed by atoms with Crippen molar-refractivity contribution in [1.82, 2.24) is 0 Å². The first-order chi connectivity index (χ1) is 11.5. The number of hydrogen-bond acceptors (Lipinski definition) is 2. The fourth-order valence-corrected chi connectivity index (χ4v) is 2.64. The van der Waals surface area contributed by atoms with Crippen molar-refractivity contribution in [3.8, 4) is 35.2 Å². The van der Waals surface area contributed by atoms with E-state index in [0.717, 1.165) is 0 Å². The molecule has 0 saturated carbocycles. The van der Waals surface area contributed by atoms with Crippen LogP contribution in [-0.2, 0) is 0 Å². The molecule has 0 unspecified atom stereocenters. The van der Waals surface area contributed by atoms with E-state index >= 15 is 0 Å². The molecule has 0 atom stereocenters. The molecule has 6 heteroatoms. The molecule has 0 aliphatic heterocycles. The lowest BCUT2D eigenvalue weighted by atomic mass is 10.3. The van der Waals surface area contributed by atoms with E-state index in [0.29, 0.717) is 31.6 Å². The topological polar surface area (TPSA) is 18.5 Å². The number of ether oxygens (including phenoxy) is 2. The highest BCUT2D eigenvalue weighted by Crippen LogP contribution is 2.24. The zero-order valence-corrected chi connectivity index (χ0v) is 15.2. The van der Waals surface area contributed by atoms with Crippen molar-refractivity contribution in [1.29, 1.82) is 0 Å². The zero-order chi connectivity index (χ0) is 17.4. The maximum atomic E-state index is 5.86. The molecule has 0 aromatic heterocycles. The first kappa shape index (κ1) is 18.7. The maximum absolute atomic E-state index is 5.86. The fourth-order valence-electron chi connectivity index (χ4n) is 1.62. The fraction of sp³-hybridized carbons (Fsp3) is 0.111. The molecule has 0 amide bonds. The second kappa shape index (κ2) is 9.58. The summed E-state index contributed by atoms with van der Waals surface area (Å²) in [5.74, 6) is 11.9. The summed E-state index contributed by atoms with van der Waals surface area (Å²) in [6, 6.07) is 9.88. The van der Waals surface area contributed by atoms with Gasteiger partial charge in [0.25, 0.3) is 0 Å². The van der Waals surface area contributed by atoms with Crippen LogP contribution in [0.3, 0.4) is 0 Å². The van der Waals surface area contributed by atoms with Gasteiger partial charge in [-0.05, 0) is 60.1 Å². The number of halogens is 4. The van der Waals surface area contributed by atoms with Gasteiger partial charge in [0.15, 0.2) is 0 Å². The highest BCUT2D eigenvalue weighted by molar-refractivity contribution is 6.35. The van der Waals surface area contributed by atoms with Crippen LogP contribution in [0.2, 0.25) is 20.1 Å². The molecule has 0 aliphatic carbocycles. The highest BCUT2D eigenvalue weighted by atomic mass is 35.5. The van der Waals surface area contributed by atoms with Crippen LogP contribution in [0.25, 0.3) is 0 Å². The molecule has 0 bridgehead atoms. The van der Waals surface area contributed by atoms with Crippen molar-refractivity contribution in [3.63, 3.8) is 0 Å². The predicted molar refractivity (Wildman–Crippen MR) is 99.5 cm³/mol. The van der Waals surface area contributed by atoms with Crippen LogP contribution in [0.5, 0.6) is 11.5 Å². The van der Waals surface area contributed by atoms with Crippen LogP contribution < -0.4 is 9.47 Å². The van der Waals surface area contributed by atoms with Crippen LogP contribution in [0, 0.1) is 23.7 Å². The maximum Gasteiger partial charge on any atom is 0.150 e. The van der Waals surface area contributed by atoms with E-state index < -0.39 is 0 Å². The first-order valence-corrected chi connectivity index (χ1v) is 8.17. The molecule has 2 rings (SSSR count). The third-order valence-electron chi connectivity index (χ3n) is 2.53. The molecule has 0 N–H and O–H groups in total. The largest absolute Gasteiger partial charge is 0.481 e. The van der Waals surface area contributed by atoms with E-state index in [4.69, 9.17) is 55.9 Å². The molecule has 0 spiro atoms. The number of hydrogen-bond donors (Lipinski definition) is 0. The summed E-state index contributed by atoms with van der Waals surface area (Å²) in [5, 5.41) is 2.01. The quantitative estimate of drug-likeness (QED) is 0.608. The molecule has 24 heavy (non-hydrogen) atoms. The standard InChI is InChI=1S/C18H10Cl4O2/c19-13-7-14(20)10-17(9-13)23-5-3-1-2-4-6-24-18-11-15(21)8-16(22)12-18/h7-12H,5-6H2. The monoisotopic (exact) mass is 398 g/mol. The molecule has 0 saturated heterocycles. The van der Waals surface area contributed by atoms with Gasteiger partial charge in [0.05, 0.1) is 0 Å². The molecule has 0 heterocycles. The van der Waals surface area contributed by atoms with Gasteiger partial charge in [0.2, 0.25) is 0 Å². The number of rotatable bonds is 4. The smallest absolute Gasteiger partial charge is 0.150 e. The van der Waals surface area contributed by atoms with Gasteiger partial charge in [0.1, 0.15) is 24.7 Å². The van der Waals surface area contributed by atoms with Gasteiger partial charge < -0.3 is 9.47 Å². The van der Waals surface area contributed by atoms with Gasteiger partial charge in [-0.2, -0.15) is 0 Å². The van der Waals surface area contributed by atoms with Crippen molar-refractivity contribution in [2.75, 3.05) is 13.2 Å². The van der Waals surface area contributed by atoms with Crippen LogP contribution in [0.4, 0.5) is 0 Å². The normalized spacial score (nSPS) is 9.33. The third kappa shape index (κ3) is 6.83. The highest BCUT2D eigenvalue weighted by Gasteiger charge is 1.98. The van der Waals surface area contributed by atoms with Crippen LogP contribution >= 0.6 is 46.4 Å². The van der Waals surface area contributed by atoms with Gasteiger partial charge >= 0.3 is 0 Å². The van der Waals surface area contributed by atoms with Crippen molar-refractivity contribution < 1.29 is 9.47 Å². The Morgan fingerprint density at radius 3 is 1.25 bits per heavy atom. The van der Waals surface area contributed by atoms with Crippen molar-refractivity contribution in [3.05, 3.63) is 56.5 Å². The molecular formula is C18H10Cl4O2. The molecule has 2 aromatic rings. The molecular weight excluding hydrogens is 390 g/mol. The second-order valence-electron chi connectivity index (χ2n) is 4.39. The van der Waals surface area contributed by atoms with E-state index in [9.17, 15) is 0 Å². The summed E-state index contributed by atoms with van der Waals surface area (Å²) in [6.07, 6.45) is 0. The summed E-state index contributed by atoms with van der Waals surface area (Å²) in [5.41, 5.74) is 0. The zero-order valence-electron chi connectivity index (χ0n) is 12.2. The lowest BCUT2D eigenvalue weighted by Crippen LogP contribution is -1.94. The lowest BCUT2D eigenvalue weighted by Gasteiger charge is -2.02. The molecule has 122 valence electrons. The van der Waals surface area contributed by atoms with Crippen molar-refractivity contribution in [2.24, 2.45) is 0 Å². The molecule has 0 aliphatic rings. The molecule has 0 radical (unpaired) electrons. The Morgan fingerprint density at radius 2 is 0.917 bits per heavy atom. The summed E-state index contributed by atoms with van der Waals surface area (Å²) < 4.78 is 10.8. The average Bonchev–Trinajstić information content (AvgIpc) is 2.48. The van der Waals surface area contributed by atoms with E-state index in [1.807, 2.05) is 0 Å². The first-order valence-electron chi connectivity index (χ1n) is 6.66. The second-order valence-corrected chi connectivity index (χ2v) is 6.14. The summed E-state index contributed by atoms with van der Waals surface area (Å²) >= 11 is 23.5. The van der Waals surface area contributed by atoms with E-state index in [1.165, 1.54) is 0 Å². The summed E-state index contributed by atoms with van der Waals surface area (Å²) in [4.78, 5) is 0. The summed E-state index contributed by atoms with van der Waals surface area (Å²) in [6.45, 7) is 0.353. The van der Waals surface area contributed by atoms with E-state index in [2.05, 4.69) is 23.7 Å². The Hall–Kier alpha value is -1.68. The van der Waals surface area contributed by atoms with Crippen LogP contribution in [0.15, 0.2) is 36.4 Å². The minimum absolute atomic E-state index is 0.177. The molecule has 0 fully saturated rings. The van der Waals surface area contributed by atoms with Gasteiger partial charge in [-0.3, -0.25) is 0 Å². The summed E-state index contributed by atoms with van der Waals surface area (Å²) in [7, 11) is 0. The van der Waals surface area contributed by atoms with Gasteiger partial charge in [-0.15, -0.1) is 0 Å². The van der Waals surface area contributed by atoms with Crippen molar-refractivity contribution >= 4 is 46.4 Å². The van der Waals surface area contributed by atoms with Crippen molar-refractivity contribution in [2.45, 2.75) is 0 Å². The van der Waals surface area contributed by atoms with Gasteiger partial charge in [-0.25, -0.2) is 0 Å². The Balaban J connectivity index is 1.76. The molecule has 2 nitrogen and oxygen atoms in total.